The number of benzene rings is 1. The number of unbranched alkanes of at least 4 members (excludes halogenated alkanes) is 6. The van der Waals surface area contributed by atoms with Crippen molar-refractivity contribution in [3.63, 3.8) is 0 Å². The van der Waals surface area contributed by atoms with Gasteiger partial charge in [-0.2, -0.15) is 57.1 Å². The van der Waals surface area contributed by atoms with Crippen molar-refractivity contribution in [1.29, 1.82) is 0 Å². The Balaban J connectivity index is 1.73. The summed E-state index contributed by atoms with van der Waals surface area (Å²) in [5.41, 5.74) is 3.13. The highest BCUT2D eigenvalue weighted by atomic mass is 28.3. The quantitative estimate of drug-likeness (QED) is 0.0637. The van der Waals surface area contributed by atoms with Crippen molar-refractivity contribution in [2.24, 2.45) is 0 Å². The highest BCUT2D eigenvalue weighted by molar-refractivity contribution is 6.82. The first kappa shape index (κ1) is 46.4. The van der Waals surface area contributed by atoms with Crippen LogP contribution in [-0.4, -0.2) is 81.1 Å². The maximum atomic E-state index is 13.9. The Morgan fingerprint density at radius 1 is 0.604 bits per heavy atom. The highest BCUT2D eigenvalue weighted by Gasteiger charge is 2.90. The number of hydrogen-bond donors (Lipinski definition) is 0. The normalized spacial score (nSPS) is 14.1. The smallest absolute Gasteiger partial charge is 0.460 e. The van der Waals surface area contributed by atoms with Crippen molar-refractivity contribution in [3.05, 3.63) is 36.7 Å². The molecule has 0 radical (unpaired) electrons. The van der Waals surface area contributed by atoms with Gasteiger partial charge < -0.3 is 9.47 Å². The minimum Gasteiger partial charge on any atom is -0.494 e. The molecule has 0 saturated carbocycles. The molecule has 0 aliphatic rings. The van der Waals surface area contributed by atoms with Crippen LogP contribution in [0.5, 0.6) is 11.5 Å². The van der Waals surface area contributed by atoms with Gasteiger partial charge in [-0.05, 0) is 55.6 Å². The van der Waals surface area contributed by atoms with Crippen molar-refractivity contribution in [2.75, 3.05) is 13.2 Å². The molecule has 1 aromatic heterocycles. The Hall–Kier alpha value is -2.71. The molecule has 19 heteroatoms. The Labute approximate surface area is 303 Å². The molecule has 0 fully saturated rings. The summed E-state index contributed by atoms with van der Waals surface area (Å²) in [4.78, 5) is 8.50. The molecule has 1 heterocycles. The van der Waals surface area contributed by atoms with Gasteiger partial charge in [0.2, 0.25) is 0 Å². The van der Waals surface area contributed by atoms with E-state index < -0.39 is 69.7 Å². The molecule has 0 atom stereocenters. The zero-order valence-electron chi connectivity index (χ0n) is 29.9. The van der Waals surface area contributed by atoms with Crippen LogP contribution in [0.1, 0.15) is 57.8 Å². The number of alkyl halides is 13. The minimum atomic E-state index is -7.90. The SMILES string of the molecule is C/[Si](=C\C[Si](C)(C)C)CCCCCCCCOc1cnc(-c2ccc(OCCCCC(F)(F)C(F)(F)C(F)(F)C(F)(F)C(F)(F)C(F)(F)F)cc2)nc1. The van der Waals surface area contributed by atoms with E-state index in [0.29, 0.717) is 23.7 Å². The second-order valence-corrected chi connectivity index (χ2v) is 22.2. The maximum absolute atomic E-state index is 13.9. The molecule has 2 aromatic rings. The molecule has 0 spiro atoms. The zero-order valence-corrected chi connectivity index (χ0v) is 31.9. The summed E-state index contributed by atoms with van der Waals surface area (Å²) in [7, 11) is -1.33. The molecule has 4 nitrogen and oxygen atoms in total. The topological polar surface area (TPSA) is 44.2 Å². The van der Waals surface area contributed by atoms with Crippen LogP contribution in [0.2, 0.25) is 38.3 Å². The van der Waals surface area contributed by atoms with Crippen molar-refractivity contribution in [2.45, 2.75) is 132 Å². The molecule has 0 amide bonds. The third-order valence-electron chi connectivity index (χ3n) is 8.19. The molecule has 0 aliphatic carbocycles. The van der Waals surface area contributed by atoms with E-state index in [9.17, 15) is 57.1 Å². The monoisotopic (exact) mass is 816 g/mol. The van der Waals surface area contributed by atoms with E-state index in [1.54, 1.807) is 0 Å². The zero-order chi connectivity index (χ0) is 40.4. The molecule has 0 N–H and O–H groups in total. The first-order chi connectivity index (χ1) is 24.3. The maximum Gasteiger partial charge on any atom is 0.460 e. The van der Waals surface area contributed by atoms with Crippen LogP contribution in [0, 0.1) is 0 Å². The standard InChI is InChI=1S/C34H45F13N2O2Si2/c1-52(21-22-53(2,3)4)20-12-8-6-5-7-10-18-51-27-23-48-28(49-24-27)25-13-15-26(16-14-25)50-19-11-9-17-29(35,36)30(37,38)31(39,40)32(41,42)33(43,44)34(45,46)47/h13-16,21,23-24H,5-12,17-20,22H2,1-4H3/b52-21+. The van der Waals surface area contributed by atoms with Crippen LogP contribution in [0.3, 0.4) is 0 Å². The minimum absolute atomic E-state index is 0.151. The third kappa shape index (κ3) is 12.7. The van der Waals surface area contributed by atoms with Gasteiger partial charge in [-0.25, -0.2) is 9.97 Å². The van der Waals surface area contributed by atoms with Crippen molar-refractivity contribution >= 4 is 22.2 Å². The summed E-state index contributed by atoms with van der Waals surface area (Å²) >= 11 is 0. The summed E-state index contributed by atoms with van der Waals surface area (Å²) in [6.07, 6.45) is -1.45. The lowest BCUT2D eigenvalue weighted by Gasteiger charge is -2.39. The Morgan fingerprint density at radius 3 is 1.60 bits per heavy atom. The van der Waals surface area contributed by atoms with Crippen molar-refractivity contribution in [1.82, 2.24) is 9.97 Å². The number of nitrogens with zero attached hydrogens (tertiary/aromatic N) is 2. The molecule has 0 unspecified atom stereocenters. The van der Waals surface area contributed by atoms with E-state index in [-0.39, 0.29) is 14.2 Å². The molecule has 0 bridgehead atoms. The molecule has 0 aliphatic heterocycles. The van der Waals surface area contributed by atoms with Crippen LogP contribution >= 0.6 is 0 Å². The lowest BCUT2D eigenvalue weighted by molar-refractivity contribution is -0.440. The average molecular weight is 817 g/mol. The molecule has 53 heavy (non-hydrogen) atoms. The van der Waals surface area contributed by atoms with Gasteiger partial charge in [-0.3, -0.25) is 0 Å². The molecule has 2 rings (SSSR count). The molecule has 1 aromatic carbocycles. The number of rotatable bonds is 23. The number of hydrogen-bond acceptors (Lipinski definition) is 4. The van der Waals surface area contributed by atoms with E-state index >= 15 is 0 Å². The van der Waals surface area contributed by atoms with Gasteiger partial charge >= 0.3 is 35.8 Å². The van der Waals surface area contributed by atoms with E-state index in [0.717, 1.165) is 19.3 Å². The van der Waals surface area contributed by atoms with Crippen LogP contribution < -0.4 is 9.47 Å². The van der Waals surface area contributed by atoms with Crippen molar-refractivity contribution in [3.8, 4) is 22.9 Å². The molecular formula is C34H45F13N2O2Si2. The van der Waals surface area contributed by atoms with Crippen LogP contribution in [0.25, 0.3) is 11.4 Å². The molecule has 0 saturated heterocycles. The van der Waals surface area contributed by atoms with E-state index in [4.69, 9.17) is 9.47 Å². The fraction of sp³-hybridized carbons (Fsp3) is 0.676. The fourth-order valence-corrected chi connectivity index (χ4v) is 9.68. The summed E-state index contributed by atoms with van der Waals surface area (Å²) in [5.74, 6) is -35.8. The first-order valence-electron chi connectivity index (χ1n) is 17.1. The average Bonchev–Trinajstić information content (AvgIpc) is 3.05. The second-order valence-electron chi connectivity index (χ2n) is 14.1. The van der Waals surface area contributed by atoms with Crippen LogP contribution in [-0.2, 0) is 0 Å². The highest BCUT2D eigenvalue weighted by Crippen LogP contribution is 2.60. The van der Waals surface area contributed by atoms with Gasteiger partial charge in [0.25, 0.3) is 0 Å². The Bertz CT molecular complexity index is 1430. The van der Waals surface area contributed by atoms with Gasteiger partial charge in [-0.1, -0.05) is 58.3 Å². The predicted octanol–water partition coefficient (Wildman–Crippen LogP) is 12.0. The van der Waals surface area contributed by atoms with Gasteiger partial charge in [0.05, 0.1) is 25.6 Å². The lowest BCUT2D eigenvalue weighted by Crippen LogP contribution is -2.70. The Kier molecular flexibility index (Phi) is 16.4. The summed E-state index contributed by atoms with van der Waals surface area (Å²) in [6, 6.07) is 8.55. The summed E-state index contributed by atoms with van der Waals surface area (Å²) < 4.78 is 183. The Morgan fingerprint density at radius 2 is 1.08 bits per heavy atom. The second kappa shape index (κ2) is 18.8. The molecular weight excluding hydrogens is 772 g/mol. The van der Waals surface area contributed by atoms with Gasteiger partial charge in [-0.15, -0.1) is 5.67 Å². The third-order valence-corrected chi connectivity index (χ3v) is 12.1. The number of aromatic nitrogens is 2. The van der Waals surface area contributed by atoms with Crippen LogP contribution in [0.4, 0.5) is 57.1 Å². The predicted molar refractivity (Wildman–Crippen MR) is 181 cm³/mol. The van der Waals surface area contributed by atoms with Gasteiger partial charge in [0.15, 0.2) is 11.6 Å². The molecule has 302 valence electrons. The van der Waals surface area contributed by atoms with E-state index in [2.05, 4.69) is 41.8 Å². The van der Waals surface area contributed by atoms with E-state index in [1.165, 1.54) is 68.0 Å². The number of ether oxygens (including phenoxy) is 2. The summed E-state index contributed by atoms with van der Waals surface area (Å²) in [6.45, 7) is 9.64. The number of halogens is 13. The first-order valence-corrected chi connectivity index (χ1v) is 23.1. The van der Waals surface area contributed by atoms with Gasteiger partial charge in [0, 0.05) is 28.5 Å². The van der Waals surface area contributed by atoms with Crippen molar-refractivity contribution < 1.29 is 66.5 Å². The largest absolute Gasteiger partial charge is 0.494 e. The lowest BCUT2D eigenvalue weighted by atomic mass is 9.92. The fourth-order valence-electron chi connectivity index (χ4n) is 4.82. The summed E-state index contributed by atoms with van der Waals surface area (Å²) in [5, 5.41) is 0. The van der Waals surface area contributed by atoms with Crippen LogP contribution in [0.15, 0.2) is 36.7 Å². The van der Waals surface area contributed by atoms with E-state index in [1.807, 2.05) is 0 Å². The van der Waals surface area contributed by atoms with Gasteiger partial charge in [0.1, 0.15) is 5.75 Å².